The molecule has 20 heavy (non-hydrogen) atoms. The molecular weight excluding hydrogens is 257 g/mol. The van der Waals surface area contributed by atoms with Crippen LogP contribution in [0.2, 0.25) is 0 Å². The first-order chi connectivity index (χ1) is 9.44. The molecule has 0 bridgehead atoms. The van der Waals surface area contributed by atoms with Gasteiger partial charge in [-0.2, -0.15) is 0 Å². The number of carbonyl (C=O) groups is 1. The van der Waals surface area contributed by atoms with Crippen LogP contribution in [0.25, 0.3) is 0 Å². The minimum absolute atomic E-state index is 0.0576. The SMILES string of the molecule is CC(C)C(O)CC(=O)NCC1(c2ccccc2F)CC1. The Bertz CT molecular complexity index is 483. The van der Waals surface area contributed by atoms with Crippen LogP contribution in [0.5, 0.6) is 0 Å². The molecule has 1 aromatic rings. The number of aliphatic hydroxyl groups is 1. The molecule has 1 aliphatic rings. The summed E-state index contributed by atoms with van der Waals surface area (Å²) in [7, 11) is 0. The Morgan fingerprint density at radius 2 is 2.05 bits per heavy atom. The number of nitrogens with one attached hydrogen (secondary N) is 1. The summed E-state index contributed by atoms with van der Waals surface area (Å²) in [5.74, 6) is -0.322. The van der Waals surface area contributed by atoms with E-state index < -0.39 is 6.10 Å². The molecule has 0 spiro atoms. The van der Waals surface area contributed by atoms with Gasteiger partial charge in [0.05, 0.1) is 12.5 Å². The smallest absolute Gasteiger partial charge is 0.222 e. The first kappa shape index (κ1) is 15.0. The van der Waals surface area contributed by atoms with Crippen LogP contribution in [0.15, 0.2) is 24.3 Å². The lowest BCUT2D eigenvalue weighted by Gasteiger charge is -2.19. The largest absolute Gasteiger partial charge is 0.392 e. The van der Waals surface area contributed by atoms with Crippen LogP contribution in [-0.2, 0) is 10.2 Å². The van der Waals surface area contributed by atoms with Gasteiger partial charge >= 0.3 is 0 Å². The maximum absolute atomic E-state index is 13.8. The Balaban J connectivity index is 1.91. The fourth-order valence-corrected chi connectivity index (χ4v) is 2.35. The normalized spacial score (nSPS) is 17.9. The lowest BCUT2D eigenvalue weighted by Crippen LogP contribution is -2.35. The summed E-state index contributed by atoms with van der Waals surface area (Å²) in [6.07, 6.45) is 1.26. The van der Waals surface area contributed by atoms with Gasteiger partial charge in [-0.15, -0.1) is 0 Å². The second-order valence-corrected chi connectivity index (χ2v) is 6.05. The molecule has 0 aromatic heterocycles. The fourth-order valence-electron chi connectivity index (χ4n) is 2.35. The molecule has 1 atom stereocenters. The fraction of sp³-hybridized carbons (Fsp3) is 0.562. The Labute approximate surface area is 119 Å². The third-order valence-corrected chi connectivity index (χ3v) is 4.09. The second kappa shape index (κ2) is 5.92. The third kappa shape index (κ3) is 3.37. The predicted octanol–water partition coefficient (Wildman–Crippen LogP) is 2.38. The van der Waals surface area contributed by atoms with Crippen molar-refractivity contribution in [2.45, 2.75) is 44.6 Å². The molecule has 4 heteroatoms. The summed E-state index contributed by atoms with van der Waals surface area (Å²) in [6.45, 7) is 4.19. The van der Waals surface area contributed by atoms with E-state index in [1.165, 1.54) is 6.07 Å². The molecule has 2 rings (SSSR count). The van der Waals surface area contributed by atoms with E-state index in [9.17, 15) is 14.3 Å². The molecule has 1 saturated carbocycles. The zero-order chi connectivity index (χ0) is 14.8. The van der Waals surface area contributed by atoms with Crippen molar-refractivity contribution in [1.29, 1.82) is 0 Å². The van der Waals surface area contributed by atoms with Crippen molar-refractivity contribution in [3.8, 4) is 0 Å². The average Bonchev–Trinajstić information content (AvgIpc) is 3.18. The van der Waals surface area contributed by atoms with Crippen molar-refractivity contribution in [2.24, 2.45) is 5.92 Å². The van der Waals surface area contributed by atoms with E-state index in [4.69, 9.17) is 0 Å². The molecule has 1 amide bonds. The summed E-state index contributed by atoms with van der Waals surface area (Å²) in [4.78, 5) is 11.8. The van der Waals surface area contributed by atoms with E-state index >= 15 is 0 Å². The summed E-state index contributed by atoms with van der Waals surface area (Å²) in [6, 6.07) is 6.74. The Kier molecular flexibility index (Phi) is 4.43. The Morgan fingerprint density at radius 1 is 1.40 bits per heavy atom. The highest BCUT2D eigenvalue weighted by molar-refractivity contribution is 5.76. The quantitative estimate of drug-likeness (QED) is 0.840. The van der Waals surface area contributed by atoms with Crippen molar-refractivity contribution in [2.75, 3.05) is 6.54 Å². The maximum Gasteiger partial charge on any atom is 0.222 e. The summed E-state index contributed by atoms with van der Waals surface area (Å²) >= 11 is 0. The van der Waals surface area contributed by atoms with E-state index in [2.05, 4.69) is 5.32 Å². The summed E-state index contributed by atoms with van der Waals surface area (Å²) in [5.41, 5.74) is 0.439. The Hall–Kier alpha value is -1.42. The number of halogens is 1. The number of amides is 1. The molecule has 0 aliphatic heterocycles. The van der Waals surface area contributed by atoms with Crippen molar-refractivity contribution in [3.63, 3.8) is 0 Å². The standard InChI is InChI=1S/C16H22FNO2/c1-11(2)14(19)9-15(20)18-10-16(7-8-16)12-5-3-4-6-13(12)17/h3-6,11,14,19H,7-10H2,1-2H3,(H,18,20). The molecule has 1 aromatic carbocycles. The number of carbonyl (C=O) groups excluding carboxylic acids is 1. The molecule has 1 unspecified atom stereocenters. The van der Waals surface area contributed by atoms with Crippen molar-refractivity contribution in [1.82, 2.24) is 5.32 Å². The molecule has 0 radical (unpaired) electrons. The second-order valence-electron chi connectivity index (χ2n) is 6.05. The zero-order valence-electron chi connectivity index (χ0n) is 12.0. The average molecular weight is 279 g/mol. The minimum Gasteiger partial charge on any atom is -0.392 e. The number of hydrogen-bond acceptors (Lipinski definition) is 2. The first-order valence-electron chi connectivity index (χ1n) is 7.14. The van der Waals surface area contributed by atoms with Crippen LogP contribution in [0.4, 0.5) is 4.39 Å². The van der Waals surface area contributed by atoms with Crippen LogP contribution in [0.3, 0.4) is 0 Å². The van der Waals surface area contributed by atoms with Crippen LogP contribution in [0, 0.1) is 11.7 Å². The van der Waals surface area contributed by atoms with E-state index in [0.29, 0.717) is 12.1 Å². The van der Waals surface area contributed by atoms with Crippen molar-refractivity contribution in [3.05, 3.63) is 35.6 Å². The molecule has 0 heterocycles. The van der Waals surface area contributed by atoms with Gasteiger partial charge in [0.1, 0.15) is 5.82 Å². The molecule has 1 aliphatic carbocycles. The monoisotopic (exact) mass is 279 g/mol. The third-order valence-electron chi connectivity index (χ3n) is 4.09. The number of rotatable bonds is 6. The molecule has 2 N–H and O–H groups in total. The van der Waals surface area contributed by atoms with Crippen LogP contribution in [-0.4, -0.2) is 23.7 Å². The van der Waals surface area contributed by atoms with Crippen LogP contribution in [0.1, 0.15) is 38.7 Å². The van der Waals surface area contributed by atoms with Gasteiger partial charge in [-0.25, -0.2) is 4.39 Å². The van der Waals surface area contributed by atoms with Crippen LogP contribution < -0.4 is 5.32 Å². The molecular formula is C16H22FNO2. The van der Waals surface area contributed by atoms with Gasteiger partial charge in [0.25, 0.3) is 0 Å². The van der Waals surface area contributed by atoms with Crippen molar-refractivity contribution < 1.29 is 14.3 Å². The number of aliphatic hydroxyl groups excluding tert-OH is 1. The van der Waals surface area contributed by atoms with Crippen molar-refractivity contribution >= 4 is 5.91 Å². The molecule has 1 fully saturated rings. The predicted molar refractivity (Wildman–Crippen MR) is 75.8 cm³/mol. The number of benzene rings is 1. The van der Waals surface area contributed by atoms with Gasteiger partial charge in [0.15, 0.2) is 0 Å². The summed E-state index contributed by atoms with van der Waals surface area (Å²) in [5, 5.41) is 12.5. The minimum atomic E-state index is -0.626. The molecule has 3 nitrogen and oxygen atoms in total. The zero-order valence-corrected chi connectivity index (χ0v) is 12.0. The highest BCUT2D eigenvalue weighted by Gasteiger charge is 2.45. The van der Waals surface area contributed by atoms with Gasteiger partial charge < -0.3 is 10.4 Å². The van der Waals surface area contributed by atoms with Gasteiger partial charge in [-0.05, 0) is 30.4 Å². The van der Waals surface area contributed by atoms with Crippen LogP contribution >= 0.6 is 0 Å². The lowest BCUT2D eigenvalue weighted by atomic mass is 9.95. The summed E-state index contributed by atoms with van der Waals surface area (Å²) < 4.78 is 13.8. The topological polar surface area (TPSA) is 49.3 Å². The van der Waals surface area contributed by atoms with Gasteiger partial charge in [0.2, 0.25) is 5.91 Å². The van der Waals surface area contributed by atoms with Gasteiger partial charge in [-0.3, -0.25) is 4.79 Å². The number of hydrogen-bond donors (Lipinski definition) is 2. The van der Waals surface area contributed by atoms with E-state index in [0.717, 1.165) is 12.8 Å². The van der Waals surface area contributed by atoms with E-state index in [1.54, 1.807) is 12.1 Å². The molecule has 0 saturated heterocycles. The maximum atomic E-state index is 13.8. The van der Waals surface area contributed by atoms with Gasteiger partial charge in [-0.1, -0.05) is 32.0 Å². The van der Waals surface area contributed by atoms with E-state index in [-0.39, 0.29) is 29.5 Å². The highest BCUT2D eigenvalue weighted by atomic mass is 19.1. The molecule has 110 valence electrons. The van der Waals surface area contributed by atoms with Gasteiger partial charge in [0, 0.05) is 12.0 Å². The Morgan fingerprint density at radius 3 is 2.60 bits per heavy atom. The lowest BCUT2D eigenvalue weighted by molar-refractivity contribution is -0.123. The first-order valence-corrected chi connectivity index (χ1v) is 7.14. The highest BCUT2D eigenvalue weighted by Crippen LogP contribution is 2.48. The van der Waals surface area contributed by atoms with E-state index in [1.807, 2.05) is 19.9 Å².